The van der Waals surface area contributed by atoms with Crippen molar-refractivity contribution in [2.45, 2.75) is 19.1 Å². The summed E-state index contributed by atoms with van der Waals surface area (Å²) in [5.74, 6) is 0.827. The van der Waals surface area contributed by atoms with E-state index < -0.39 is 0 Å². The zero-order valence-electron chi connectivity index (χ0n) is 11.8. The van der Waals surface area contributed by atoms with Gasteiger partial charge in [0.1, 0.15) is 23.4 Å². The summed E-state index contributed by atoms with van der Waals surface area (Å²) in [6.07, 6.45) is -0.371. The summed E-state index contributed by atoms with van der Waals surface area (Å²) in [6, 6.07) is 11.6. The molecule has 2 aromatic rings. The van der Waals surface area contributed by atoms with Crippen LogP contribution in [0.5, 0.6) is 11.5 Å². The van der Waals surface area contributed by atoms with Gasteiger partial charge in [0.2, 0.25) is 0 Å². The van der Waals surface area contributed by atoms with E-state index in [9.17, 15) is 4.39 Å². The Hall–Kier alpha value is -1.59. The van der Waals surface area contributed by atoms with E-state index in [1.54, 1.807) is 13.2 Å². The van der Waals surface area contributed by atoms with Crippen molar-refractivity contribution >= 4 is 15.9 Å². The molecule has 0 aromatic heterocycles. The summed E-state index contributed by atoms with van der Waals surface area (Å²) in [5, 5.41) is 0. The molecule has 0 aliphatic carbocycles. The molecule has 0 aliphatic rings. The summed E-state index contributed by atoms with van der Waals surface area (Å²) >= 11 is 3.25. The lowest BCUT2D eigenvalue weighted by Crippen LogP contribution is -2.29. The van der Waals surface area contributed by atoms with Crippen LogP contribution < -0.4 is 15.2 Å². The van der Waals surface area contributed by atoms with Crippen LogP contribution in [0.2, 0.25) is 0 Å². The highest BCUT2D eigenvalue weighted by Crippen LogP contribution is 2.28. The third-order valence-corrected chi connectivity index (χ3v) is 3.48. The number of hydrogen-bond acceptors (Lipinski definition) is 3. The molecule has 5 heteroatoms. The molecule has 2 unspecified atom stereocenters. The van der Waals surface area contributed by atoms with Crippen LogP contribution in [0.15, 0.2) is 46.9 Å². The number of halogens is 2. The molecule has 2 rings (SSSR count). The van der Waals surface area contributed by atoms with Crippen molar-refractivity contribution < 1.29 is 13.9 Å². The van der Waals surface area contributed by atoms with Gasteiger partial charge < -0.3 is 15.2 Å². The van der Waals surface area contributed by atoms with E-state index >= 15 is 0 Å². The predicted molar refractivity (Wildman–Crippen MR) is 84.1 cm³/mol. The Bertz CT molecular complexity index is 581. The van der Waals surface area contributed by atoms with Crippen LogP contribution in [0, 0.1) is 5.82 Å². The molecule has 2 atom stereocenters. The Kier molecular flexibility index (Phi) is 5.20. The highest BCUT2D eigenvalue weighted by molar-refractivity contribution is 9.10. The average Bonchev–Trinajstić information content (AvgIpc) is 2.43. The van der Waals surface area contributed by atoms with Gasteiger partial charge in [-0.2, -0.15) is 0 Å². The summed E-state index contributed by atoms with van der Waals surface area (Å²) < 4.78 is 25.0. The van der Waals surface area contributed by atoms with E-state index in [1.165, 1.54) is 12.1 Å². The van der Waals surface area contributed by atoms with Crippen molar-refractivity contribution in [2.24, 2.45) is 5.73 Å². The van der Waals surface area contributed by atoms with Gasteiger partial charge in [-0.3, -0.25) is 0 Å². The fourth-order valence-electron chi connectivity index (χ4n) is 2.02. The molecule has 0 radical (unpaired) electrons. The van der Waals surface area contributed by atoms with Gasteiger partial charge in [0, 0.05) is 16.6 Å². The number of methoxy groups -OCH3 is 1. The van der Waals surface area contributed by atoms with Crippen LogP contribution in [0.25, 0.3) is 0 Å². The van der Waals surface area contributed by atoms with E-state index in [4.69, 9.17) is 15.2 Å². The quantitative estimate of drug-likeness (QED) is 0.881. The van der Waals surface area contributed by atoms with Crippen LogP contribution in [0.4, 0.5) is 4.39 Å². The average molecular weight is 354 g/mol. The molecule has 21 heavy (non-hydrogen) atoms. The van der Waals surface area contributed by atoms with Crippen LogP contribution in [-0.4, -0.2) is 13.2 Å². The molecule has 0 fully saturated rings. The molecular formula is C16H17BrFNO2. The van der Waals surface area contributed by atoms with Crippen LogP contribution in [0.3, 0.4) is 0 Å². The number of benzene rings is 2. The monoisotopic (exact) mass is 353 g/mol. The molecule has 0 bridgehead atoms. The normalized spacial score (nSPS) is 13.6. The number of rotatable bonds is 5. The topological polar surface area (TPSA) is 44.5 Å². The number of ether oxygens (including phenoxy) is 2. The summed E-state index contributed by atoms with van der Waals surface area (Å²) in [7, 11) is 1.61. The van der Waals surface area contributed by atoms with Gasteiger partial charge in [0.25, 0.3) is 0 Å². The van der Waals surface area contributed by atoms with Crippen molar-refractivity contribution in [2.75, 3.05) is 7.11 Å². The van der Waals surface area contributed by atoms with E-state index in [1.807, 2.05) is 31.2 Å². The number of hydrogen-bond donors (Lipinski definition) is 1. The van der Waals surface area contributed by atoms with Crippen molar-refractivity contribution in [1.82, 2.24) is 0 Å². The van der Waals surface area contributed by atoms with Crippen molar-refractivity contribution in [3.63, 3.8) is 0 Å². The lowest BCUT2D eigenvalue weighted by Gasteiger charge is -2.23. The van der Waals surface area contributed by atoms with Crippen LogP contribution in [-0.2, 0) is 0 Å². The summed E-state index contributed by atoms with van der Waals surface area (Å²) in [6.45, 7) is 1.85. The largest absolute Gasteiger partial charge is 0.497 e. The van der Waals surface area contributed by atoms with Gasteiger partial charge in [-0.05, 0) is 36.8 Å². The predicted octanol–water partition coefficient (Wildman–Crippen LogP) is 4.06. The second-order valence-electron chi connectivity index (χ2n) is 4.78. The highest BCUT2D eigenvalue weighted by Gasteiger charge is 2.19. The first-order valence-electron chi connectivity index (χ1n) is 6.52. The molecule has 2 aromatic carbocycles. The first kappa shape index (κ1) is 15.8. The zero-order valence-corrected chi connectivity index (χ0v) is 13.4. The molecule has 112 valence electrons. The lowest BCUT2D eigenvalue weighted by molar-refractivity contribution is 0.179. The molecular weight excluding hydrogens is 337 g/mol. The fourth-order valence-corrected chi connectivity index (χ4v) is 2.46. The van der Waals surface area contributed by atoms with Gasteiger partial charge in [0.05, 0.1) is 7.11 Å². The molecule has 0 aliphatic heterocycles. The maximum Gasteiger partial charge on any atom is 0.138 e. The first-order chi connectivity index (χ1) is 9.99. The summed E-state index contributed by atoms with van der Waals surface area (Å²) in [4.78, 5) is 0. The molecule has 3 nitrogen and oxygen atoms in total. The highest BCUT2D eigenvalue weighted by atomic mass is 79.9. The molecule has 0 heterocycles. The van der Waals surface area contributed by atoms with Gasteiger partial charge in [-0.15, -0.1) is 0 Å². The van der Waals surface area contributed by atoms with E-state index in [0.717, 1.165) is 11.3 Å². The van der Waals surface area contributed by atoms with Crippen molar-refractivity contribution in [1.29, 1.82) is 0 Å². The third kappa shape index (κ3) is 4.19. The van der Waals surface area contributed by atoms with Gasteiger partial charge in [0.15, 0.2) is 0 Å². The Labute approximate surface area is 132 Å². The van der Waals surface area contributed by atoms with Crippen molar-refractivity contribution in [3.8, 4) is 11.5 Å². The first-order valence-corrected chi connectivity index (χ1v) is 7.31. The fraction of sp³-hybridized carbons (Fsp3) is 0.250. The molecule has 2 N–H and O–H groups in total. The SMILES string of the molecule is COc1ccc(C(Oc2cc(F)cc(Br)c2)C(C)N)cc1. The van der Waals surface area contributed by atoms with E-state index in [0.29, 0.717) is 10.2 Å². The van der Waals surface area contributed by atoms with Gasteiger partial charge in [-0.25, -0.2) is 4.39 Å². The second-order valence-corrected chi connectivity index (χ2v) is 5.69. The minimum atomic E-state index is -0.371. The number of nitrogens with two attached hydrogens (primary N) is 1. The van der Waals surface area contributed by atoms with Gasteiger partial charge in [-0.1, -0.05) is 28.1 Å². The second kappa shape index (κ2) is 6.91. The summed E-state index contributed by atoms with van der Waals surface area (Å²) in [5.41, 5.74) is 6.91. The zero-order chi connectivity index (χ0) is 15.4. The third-order valence-electron chi connectivity index (χ3n) is 3.02. The Morgan fingerprint density at radius 2 is 1.76 bits per heavy atom. The van der Waals surface area contributed by atoms with E-state index in [2.05, 4.69) is 15.9 Å². The Morgan fingerprint density at radius 1 is 1.10 bits per heavy atom. The van der Waals surface area contributed by atoms with Crippen LogP contribution in [0.1, 0.15) is 18.6 Å². The Morgan fingerprint density at radius 3 is 2.29 bits per heavy atom. The minimum absolute atomic E-state index is 0.250. The molecule has 0 saturated carbocycles. The molecule has 0 saturated heterocycles. The molecule has 0 amide bonds. The standard InChI is InChI=1S/C16H17BrFNO2/c1-10(19)16(11-3-5-14(20-2)6-4-11)21-15-8-12(17)7-13(18)9-15/h3-10,16H,19H2,1-2H3. The minimum Gasteiger partial charge on any atom is -0.497 e. The van der Waals surface area contributed by atoms with Crippen LogP contribution >= 0.6 is 15.9 Å². The maximum absolute atomic E-state index is 13.4. The lowest BCUT2D eigenvalue weighted by atomic mass is 10.0. The van der Waals surface area contributed by atoms with E-state index in [-0.39, 0.29) is 18.0 Å². The maximum atomic E-state index is 13.4. The Balaban J connectivity index is 2.26. The molecule has 0 spiro atoms. The van der Waals surface area contributed by atoms with Crippen molar-refractivity contribution in [3.05, 3.63) is 58.3 Å². The smallest absolute Gasteiger partial charge is 0.138 e. The van der Waals surface area contributed by atoms with Gasteiger partial charge >= 0.3 is 0 Å².